The van der Waals surface area contributed by atoms with Crippen molar-refractivity contribution in [1.29, 1.82) is 0 Å². The molecular weight excluding hydrogens is 234 g/mol. The Kier molecular flexibility index (Phi) is 6.21. The van der Waals surface area contributed by atoms with Crippen LogP contribution in [-0.4, -0.2) is 35.6 Å². The van der Waals surface area contributed by atoms with Gasteiger partial charge in [0.15, 0.2) is 0 Å². The molecule has 6 heteroatoms. The van der Waals surface area contributed by atoms with Gasteiger partial charge in [0.25, 0.3) is 0 Å². The zero-order valence-electron chi connectivity index (χ0n) is 11.0. The first-order valence-corrected chi connectivity index (χ1v) is 6.09. The van der Waals surface area contributed by atoms with Crippen LogP contribution in [0.25, 0.3) is 0 Å². The predicted octanol–water partition coefficient (Wildman–Crippen LogP) is 1.07. The van der Waals surface area contributed by atoms with Gasteiger partial charge in [0.05, 0.1) is 18.5 Å². The molecule has 0 saturated carbocycles. The normalized spacial score (nSPS) is 10.8. The molecule has 0 spiro atoms. The summed E-state index contributed by atoms with van der Waals surface area (Å²) in [7, 11) is 0. The van der Waals surface area contributed by atoms with Gasteiger partial charge in [0.1, 0.15) is 13.2 Å². The third-order valence-corrected chi connectivity index (χ3v) is 2.27. The van der Waals surface area contributed by atoms with Crippen LogP contribution in [0.5, 0.6) is 0 Å². The Labute approximate surface area is 107 Å². The molecule has 0 amide bonds. The maximum absolute atomic E-state index is 11.4. The van der Waals surface area contributed by atoms with Crippen LogP contribution in [-0.2, 0) is 20.8 Å². The van der Waals surface area contributed by atoms with E-state index in [1.807, 2.05) is 0 Å². The second-order valence-electron chi connectivity index (χ2n) is 4.49. The van der Waals surface area contributed by atoms with Crippen molar-refractivity contribution < 1.29 is 14.3 Å². The second-order valence-corrected chi connectivity index (χ2v) is 4.49. The molecule has 1 aromatic rings. The molecule has 0 saturated heterocycles. The molecule has 1 aromatic heterocycles. The maximum Gasteiger partial charge on any atom is 0.327 e. The fraction of sp³-hybridized carbons (Fsp3) is 0.667. The van der Waals surface area contributed by atoms with Gasteiger partial charge >= 0.3 is 5.97 Å². The zero-order valence-corrected chi connectivity index (χ0v) is 11.0. The number of aromatic nitrogens is 2. The first kappa shape index (κ1) is 14.5. The maximum atomic E-state index is 11.4. The molecule has 18 heavy (non-hydrogen) atoms. The molecule has 1 rings (SSSR count). The van der Waals surface area contributed by atoms with Gasteiger partial charge in [-0.1, -0.05) is 13.8 Å². The van der Waals surface area contributed by atoms with E-state index in [2.05, 4.69) is 18.9 Å². The largest absolute Gasteiger partial charge is 0.462 e. The van der Waals surface area contributed by atoms with Crippen LogP contribution in [0.2, 0.25) is 0 Å². The van der Waals surface area contributed by atoms with Crippen LogP contribution < -0.4 is 5.73 Å². The average molecular weight is 255 g/mol. The van der Waals surface area contributed by atoms with Crippen molar-refractivity contribution in [2.75, 3.05) is 25.6 Å². The summed E-state index contributed by atoms with van der Waals surface area (Å²) in [6.45, 7) is 5.75. The van der Waals surface area contributed by atoms with E-state index in [9.17, 15) is 4.79 Å². The lowest BCUT2D eigenvalue weighted by molar-refractivity contribution is -0.146. The van der Waals surface area contributed by atoms with Gasteiger partial charge in [-0.15, -0.1) is 0 Å². The SMILES string of the molecule is CC(C)CCOCCOC(=O)Cn1cc(N)cn1. The van der Waals surface area contributed by atoms with E-state index in [0.717, 1.165) is 6.42 Å². The molecule has 6 nitrogen and oxygen atoms in total. The van der Waals surface area contributed by atoms with Crippen LogP contribution in [0.3, 0.4) is 0 Å². The van der Waals surface area contributed by atoms with Crippen molar-refractivity contribution in [1.82, 2.24) is 9.78 Å². The van der Waals surface area contributed by atoms with Crippen LogP contribution in [0.4, 0.5) is 5.69 Å². The molecule has 0 atom stereocenters. The number of rotatable bonds is 8. The summed E-state index contributed by atoms with van der Waals surface area (Å²) in [4.78, 5) is 11.4. The van der Waals surface area contributed by atoms with Gasteiger partial charge in [0, 0.05) is 12.8 Å². The number of carbonyl (C=O) groups is 1. The number of carbonyl (C=O) groups excluding carboxylic acids is 1. The zero-order chi connectivity index (χ0) is 13.4. The van der Waals surface area contributed by atoms with Crippen molar-refractivity contribution in [3.05, 3.63) is 12.4 Å². The number of hydrogen-bond acceptors (Lipinski definition) is 5. The Morgan fingerprint density at radius 1 is 1.44 bits per heavy atom. The smallest absolute Gasteiger partial charge is 0.327 e. The minimum atomic E-state index is -0.342. The summed E-state index contributed by atoms with van der Waals surface area (Å²) < 4.78 is 11.8. The molecule has 0 bridgehead atoms. The van der Waals surface area contributed by atoms with E-state index in [1.165, 1.54) is 10.9 Å². The summed E-state index contributed by atoms with van der Waals surface area (Å²) in [6, 6.07) is 0. The van der Waals surface area contributed by atoms with E-state index >= 15 is 0 Å². The van der Waals surface area contributed by atoms with Gasteiger partial charge in [0.2, 0.25) is 0 Å². The molecule has 0 radical (unpaired) electrons. The summed E-state index contributed by atoms with van der Waals surface area (Å²) >= 11 is 0. The molecule has 0 unspecified atom stereocenters. The molecule has 102 valence electrons. The second kappa shape index (κ2) is 7.71. The standard InChI is InChI=1S/C12H21N3O3/c1-10(2)3-4-17-5-6-18-12(16)9-15-8-11(13)7-14-15/h7-8,10H,3-6,9,13H2,1-2H3. The Bertz CT molecular complexity index is 363. The van der Waals surface area contributed by atoms with Crippen molar-refractivity contribution >= 4 is 11.7 Å². The number of hydrogen-bond donors (Lipinski definition) is 1. The Balaban J connectivity index is 2.03. The first-order valence-electron chi connectivity index (χ1n) is 6.09. The van der Waals surface area contributed by atoms with Crippen LogP contribution >= 0.6 is 0 Å². The van der Waals surface area contributed by atoms with Crippen molar-refractivity contribution in [2.45, 2.75) is 26.8 Å². The Morgan fingerprint density at radius 2 is 2.22 bits per heavy atom. The van der Waals surface area contributed by atoms with Gasteiger partial charge in [-0.2, -0.15) is 5.10 Å². The molecule has 0 aliphatic carbocycles. The van der Waals surface area contributed by atoms with Gasteiger partial charge in [-0.3, -0.25) is 9.48 Å². The highest BCUT2D eigenvalue weighted by molar-refractivity contribution is 5.69. The van der Waals surface area contributed by atoms with Crippen LogP contribution in [0.1, 0.15) is 20.3 Å². The number of esters is 1. The minimum absolute atomic E-state index is 0.0726. The summed E-state index contributed by atoms with van der Waals surface area (Å²) in [5, 5.41) is 3.89. The number of nitrogens with two attached hydrogens (primary N) is 1. The molecule has 0 aliphatic heterocycles. The third-order valence-electron chi connectivity index (χ3n) is 2.27. The van der Waals surface area contributed by atoms with E-state index in [-0.39, 0.29) is 19.1 Å². The average Bonchev–Trinajstić information content (AvgIpc) is 2.68. The van der Waals surface area contributed by atoms with E-state index < -0.39 is 0 Å². The van der Waals surface area contributed by atoms with Gasteiger partial charge in [-0.25, -0.2) is 0 Å². The lowest BCUT2D eigenvalue weighted by Crippen LogP contribution is -2.17. The monoisotopic (exact) mass is 255 g/mol. The molecule has 0 fully saturated rings. The lowest BCUT2D eigenvalue weighted by Gasteiger charge is -2.07. The third kappa shape index (κ3) is 6.24. The molecule has 1 heterocycles. The van der Waals surface area contributed by atoms with Crippen LogP contribution in [0, 0.1) is 5.92 Å². The Hall–Kier alpha value is -1.56. The Morgan fingerprint density at radius 3 is 2.83 bits per heavy atom. The molecule has 0 aromatic carbocycles. The number of nitrogens with zero attached hydrogens (tertiary/aromatic N) is 2. The van der Waals surface area contributed by atoms with Gasteiger partial charge < -0.3 is 15.2 Å². The van der Waals surface area contributed by atoms with Crippen molar-refractivity contribution in [2.24, 2.45) is 5.92 Å². The number of nitrogen functional groups attached to an aromatic ring is 1. The lowest BCUT2D eigenvalue weighted by atomic mass is 10.1. The minimum Gasteiger partial charge on any atom is -0.462 e. The fourth-order valence-corrected chi connectivity index (χ4v) is 1.28. The fourth-order valence-electron chi connectivity index (χ4n) is 1.28. The van der Waals surface area contributed by atoms with Gasteiger partial charge in [-0.05, 0) is 12.3 Å². The highest BCUT2D eigenvalue weighted by Crippen LogP contribution is 1.99. The quantitative estimate of drug-likeness (QED) is 0.555. The summed E-state index contributed by atoms with van der Waals surface area (Å²) in [6.07, 6.45) is 4.09. The first-order chi connectivity index (χ1) is 8.58. The highest BCUT2D eigenvalue weighted by Gasteiger charge is 2.05. The van der Waals surface area contributed by atoms with Crippen molar-refractivity contribution in [3.63, 3.8) is 0 Å². The van der Waals surface area contributed by atoms with Crippen LogP contribution in [0.15, 0.2) is 12.4 Å². The highest BCUT2D eigenvalue weighted by atomic mass is 16.6. The summed E-state index contributed by atoms with van der Waals surface area (Å²) in [5.41, 5.74) is 6.01. The predicted molar refractivity (Wildman–Crippen MR) is 67.9 cm³/mol. The molecular formula is C12H21N3O3. The molecule has 2 N–H and O–H groups in total. The molecule has 0 aliphatic rings. The van der Waals surface area contributed by atoms with Crippen molar-refractivity contribution in [3.8, 4) is 0 Å². The van der Waals surface area contributed by atoms with E-state index in [4.69, 9.17) is 15.2 Å². The number of ether oxygens (including phenoxy) is 2. The van der Waals surface area contributed by atoms with E-state index in [1.54, 1.807) is 6.20 Å². The number of anilines is 1. The van der Waals surface area contributed by atoms with E-state index in [0.29, 0.717) is 24.8 Å². The summed E-state index contributed by atoms with van der Waals surface area (Å²) in [5.74, 6) is 0.281. The topological polar surface area (TPSA) is 79.4 Å².